The van der Waals surface area contributed by atoms with Crippen molar-refractivity contribution in [2.75, 3.05) is 13.1 Å². The van der Waals surface area contributed by atoms with Crippen LogP contribution in [0.4, 0.5) is 9.18 Å². The first-order chi connectivity index (χ1) is 17.5. The Labute approximate surface area is 212 Å². The molecule has 4 atom stereocenters. The molecule has 3 aromatic carbocycles. The minimum atomic E-state index is -0.765. The molecule has 1 heterocycles. The van der Waals surface area contributed by atoms with Gasteiger partial charge in [0.1, 0.15) is 12.4 Å². The highest BCUT2D eigenvalue weighted by molar-refractivity contribution is 5.67. The molecule has 2 N–H and O–H groups in total. The molecule has 0 bridgehead atoms. The van der Waals surface area contributed by atoms with Crippen LogP contribution in [-0.2, 0) is 17.8 Å². The Morgan fingerprint density at radius 2 is 1.67 bits per heavy atom. The van der Waals surface area contributed by atoms with Gasteiger partial charge >= 0.3 is 6.09 Å². The Morgan fingerprint density at radius 3 is 2.31 bits per heavy atom. The van der Waals surface area contributed by atoms with Crippen molar-refractivity contribution in [2.45, 2.75) is 56.9 Å². The third kappa shape index (κ3) is 7.39. The molecule has 1 amide bonds. The summed E-state index contributed by atoms with van der Waals surface area (Å²) in [5.41, 5.74) is 3.10. The first-order valence-electron chi connectivity index (χ1n) is 12.7. The van der Waals surface area contributed by atoms with E-state index in [1.807, 2.05) is 72.8 Å². The fraction of sp³-hybridized carbons (Fsp3) is 0.367. The molecule has 4 unspecified atom stereocenters. The van der Waals surface area contributed by atoms with Crippen LogP contribution in [0.1, 0.15) is 42.4 Å². The molecule has 1 aliphatic rings. The number of hydrogen-bond acceptors (Lipinski definition) is 4. The number of likely N-dealkylation sites (tertiary alicyclic amines) is 1. The van der Waals surface area contributed by atoms with Gasteiger partial charge in [-0.3, -0.25) is 4.90 Å². The number of nitrogens with zero attached hydrogens (tertiary/aromatic N) is 1. The standard InChI is InChI=1S/C30H35FN2O3/c1-22-18-26(25-12-14-27(31)15-13-25)16-17-33(22)20-29(34)28(19-23-8-4-2-5-9-23)32-30(35)36-21-24-10-6-3-7-11-24/h2-15,22,26,28-29,34H,16-21H2,1H3,(H,32,35). The quantitative estimate of drug-likeness (QED) is 0.428. The number of amides is 1. The molecule has 6 heteroatoms. The molecule has 4 rings (SSSR count). The summed E-state index contributed by atoms with van der Waals surface area (Å²) in [4.78, 5) is 14.9. The second kappa shape index (κ2) is 12.7. The number of alkyl carbamates (subject to hydrolysis) is 1. The first kappa shape index (κ1) is 25.9. The number of β-amino-alcohol motifs (C(OH)–C–C–N with tert-alkyl or cyclic N) is 1. The molecule has 0 aromatic heterocycles. The van der Waals surface area contributed by atoms with E-state index < -0.39 is 18.2 Å². The lowest BCUT2D eigenvalue weighted by Gasteiger charge is -2.40. The average Bonchev–Trinajstić information content (AvgIpc) is 2.90. The van der Waals surface area contributed by atoms with Gasteiger partial charge in [-0.2, -0.15) is 0 Å². The smallest absolute Gasteiger partial charge is 0.407 e. The first-order valence-corrected chi connectivity index (χ1v) is 12.7. The molecule has 1 fully saturated rings. The zero-order valence-electron chi connectivity index (χ0n) is 20.7. The van der Waals surface area contributed by atoms with Crippen LogP contribution in [-0.4, -0.2) is 47.4 Å². The second-order valence-corrected chi connectivity index (χ2v) is 9.69. The number of ether oxygens (including phenoxy) is 1. The topological polar surface area (TPSA) is 61.8 Å². The molecule has 1 aliphatic heterocycles. The Kier molecular flexibility index (Phi) is 9.09. The third-order valence-electron chi connectivity index (χ3n) is 7.06. The predicted octanol–water partition coefficient (Wildman–Crippen LogP) is 5.29. The van der Waals surface area contributed by atoms with Crippen LogP contribution in [0.2, 0.25) is 0 Å². The summed E-state index contributed by atoms with van der Waals surface area (Å²) in [5, 5.41) is 14.1. The zero-order valence-corrected chi connectivity index (χ0v) is 20.7. The highest BCUT2D eigenvalue weighted by Gasteiger charge is 2.31. The van der Waals surface area contributed by atoms with Crippen molar-refractivity contribution in [3.05, 3.63) is 107 Å². The fourth-order valence-electron chi connectivity index (χ4n) is 4.96. The SMILES string of the molecule is CC1CC(c2ccc(F)cc2)CCN1CC(O)C(Cc1ccccc1)NC(=O)OCc1ccccc1. The van der Waals surface area contributed by atoms with Gasteiger partial charge in [-0.1, -0.05) is 72.8 Å². The molecule has 1 saturated heterocycles. The van der Waals surface area contributed by atoms with Crippen molar-refractivity contribution in [2.24, 2.45) is 0 Å². The predicted molar refractivity (Wildman–Crippen MR) is 139 cm³/mol. The molecular weight excluding hydrogens is 455 g/mol. The monoisotopic (exact) mass is 490 g/mol. The van der Waals surface area contributed by atoms with Crippen LogP contribution in [0.3, 0.4) is 0 Å². The van der Waals surface area contributed by atoms with Crippen LogP contribution in [0.5, 0.6) is 0 Å². The van der Waals surface area contributed by atoms with Crippen molar-refractivity contribution in [3.63, 3.8) is 0 Å². The molecule has 0 spiro atoms. The summed E-state index contributed by atoms with van der Waals surface area (Å²) < 4.78 is 18.7. The molecule has 0 radical (unpaired) electrons. The Hall–Kier alpha value is -3.22. The summed E-state index contributed by atoms with van der Waals surface area (Å²) in [6.45, 7) is 3.62. The number of halogens is 1. The van der Waals surface area contributed by atoms with Crippen molar-refractivity contribution < 1.29 is 19.0 Å². The summed E-state index contributed by atoms with van der Waals surface area (Å²) in [6.07, 6.45) is 1.08. The second-order valence-electron chi connectivity index (χ2n) is 9.69. The van der Waals surface area contributed by atoms with Crippen LogP contribution < -0.4 is 5.32 Å². The minimum Gasteiger partial charge on any atom is -0.445 e. The number of nitrogens with one attached hydrogen (secondary N) is 1. The largest absolute Gasteiger partial charge is 0.445 e. The van der Waals surface area contributed by atoms with Gasteiger partial charge in [-0.05, 0) is 67.5 Å². The lowest BCUT2D eigenvalue weighted by atomic mass is 9.85. The number of rotatable bonds is 9. The van der Waals surface area contributed by atoms with Gasteiger partial charge in [0.2, 0.25) is 0 Å². The van der Waals surface area contributed by atoms with Crippen LogP contribution in [0.25, 0.3) is 0 Å². The van der Waals surface area contributed by atoms with E-state index in [1.165, 1.54) is 12.1 Å². The summed E-state index contributed by atoms with van der Waals surface area (Å²) in [7, 11) is 0. The van der Waals surface area contributed by atoms with E-state index in [0.29, 0.717) is 18.9 Å². The van der Waals surface area contributed by atoms with Crippen LogP contribution in [0.15, 0.2) is 84.9 Å². The molecule has 3 aromatic rings. The van der Waals surface area contributed by atoms with E-state index in [9.17, 15) is 14.3 Å². The Morgan fingerprint density at radius 1 is 1.03 bits per heavy atom. The number of benzene rings is 3. The van der Waals surface area contributed by atoms with Gasteiger partial charge in [0.15, 0.2) is 0 Å². The van der Waals surface area contributed by atoms with Gasteiger partial charge in [-0.25, -0.2) is 9.18 Å². The molecule has 5 nitrogen and oxygen atoms in total. The summed E-state index contributed by atoms with van der Waals surface area (Å²) >= 11 is 0. The number of piperidine rings is 1. The van der Waals surface area contributed by atoms with Gasteiger partial charge in [0, 0.05) is 12.6 Å². The van der Waals surface area contributed by atoms with Crippen molar-refractivity contribution in [1.29, 1.82) is 0 Å². The maximum absolute atomic E-state index is 13.3. The van der Waals surface area contributed by atoms with E-state index in [2.05, 4.69) is 17.1 Å². The average molecular weight is 491 g/mol. The van der Waals surface area contributed by atoms with Gasteiger partial charge < -0.3 is 15.2 Å². The van der Waals surface area contributed by atoms with Crippen LogP contribution >= 0.6 is 0 Å². The fourth-order valence-corrected chi connectivity index (χ4v) is 4.96. The number of aliphatic hydroxyl groups is 1. The highest BCUT2D eigenvalue weighted by Crippen LogP contribution is 2.31. The Balaban J connectivity index is 1.36. The highest BCUT2D eigenvalue weighted by atomic mass is 19.1. The maximum atomic E-state index is 13.3. The van der Waals surface area contributed by atoms with Crippen molar-refractivity contribution in [1.82, 2.24) is 10.2 Å². The third-order valence-corrected chi connectivity index (χ3v) is 7.06. The number of aliphatic hydroxyl groups excluding tert-OH is 1. The van der Waals surface area contributed by atoms with E-state index in [0.717, 1.165) is 36.1 Å². The van der Waals surface area contributed by atoms with E-state index in [4.69, 9.17) is 4.74 Å². The number of carbonyl (C=O) groups excluding carboxylic acids is 1. The zero-order chi connectivity index (χ0) is 25.3. The van der Waals surface area contributed by atoms with Gasteiger partial charge in [0.25, 0.3) is 0 Å². The molecule has 36 heavy (non-hydrogen) atoms. The molecular formula is C30H35FN2O3. The lowest BCUT2D eigenvalue weighted by molar-refractivity contribution is 0.0434. The van der Waals surface area contributed by atoms with E-state index in [-0.39, 0.29) is 18.5 Å². The molecule has 0 saturated carbocycles. The Bertz CT molecular complexity index is 1080. The molecule has 0 aliphatic carbocycles. The maximum Gasteiger partial charge on any atom is 0.407 e. The number of hydrogen-bond donors (Lipinski definition) is 2. The van der Waals surface area contributed by atoms with E-state index in [1.54, 1.807) is 0 Å². The van der Waals surface area contributed by atoms with Crippen molar-refractivity contribution >= 4 is 6.09 Å². The normalized spacial score (nSPS) is 19.9. The minimum absolute atomic E-state index is 0.175. The summed E-state index contributed by atoms with van der Waals surface area (Å²) in [6, 6.07) is 25.9. The number of carbonyl (C=O) groups is 1. The van der Waals surface area contributed by atoms with E-state index >= 15 is 0 Å². The van der Waals surface area contributed by atoms with Gasteiger partial charge in [-0.15, -0.1) is 0 Å². The van der Waals surface area contributed by atoms with Gasteiger partial charge in [0.05, 0.1) is 12.1 Å². The molecule has 190 valence electrons. The summed E-state index contributed by atoms with van der Waals surface area (Å²) in [5.74, 6) is 0.159. The van der Waals surface area contributed by atoms with Crippen molar-refractivity contribution in [3.8, 4) is 0 Å². The lowest BCUT2D eigenvalue weighted by Crippen LogP contribution is -2.52. The van der Waals surface area contributed by atoms with Crippen LogP contribution in [0, 0.1) is 5.82 Å².